The van der Waals surface area contributed by atoms with Gasteiger partial charge in [0.15, 0.2) is 0 Å². The lowest BCUT2D eigenvalue weighted by molar-refractivity contribution is -0.166. The van der Waals surface area contributed by atoms with Gasteiger partial charge in [0, 0.05) is 12.3 Å². The molecule has 4 bridgehead atoms. The Morgan fingerprint density at radius 1 is 1.12 bits per heavy atom. The molecule has 17 heavy (non-hydrogen) atoms. The lowest BCUT2D eigenvalue weighted by Crippen LogP contribution is -2.54. The molecule has 2 heteroatoms. The minimum Gasteiger partial charge on any atom is -0.465 e. The minimum atomic E-state index is -0.105. The summed E-state index contributed by atoms with van der Waals surface area (Å²) in [5.74, 6) is 3.56. The Bertz CT molecular complexity index is 293. The molecule has 96 valence electrons. The number of rotatable bonds is 3. The highest BCUT2D eigenvalue weighted by atomic mass is 16.5. The first kappa shape index (κ1) is 11.6. The highest BCUT2D eigenvalue weighted by Crippen LogP contribution is 2.63. The molecule has 0 saturated heterocycles. The molecule has 4 aliphatic carbocycles. The molecule has 4 saturated carbocycles. The molecule has 0 N–H and O–H groups in total. The van der Waals surface area contributed by atoms with Crippen molar-refractivity contribution in [3.8, 4) is 0 Å². The standard InChI is InChI=1S/C15H24O2/c1-3-15(9-17-10(2)16)13-5-11-4-12(7-13)8-14(15)6-11/h11-14H,3-9H2,1-2H3. The second-order valence-corrected chi connectivity index (χ2v) is 6.67. The van der Waals surface area contributed by atoms with Crippen molar-refractivity contribution in [2.75, 3.05) is 6.61 Å². The number of ether oxygens (including phenoxy) is 1. The van der Waals surface area contributed by atoms with Crippen molar-refractivity contribution in [2.45, 2.75) is 52.4 Å². The zero-order chi connectivity index (χ0) is 12.0. The molecule has 0 aromatic heterocycles. The van der Waals surface area contributed by atoms with E-state index in [9.17, 15) is 4.79 Å². The Balaban J connectivity index is 1.81. The summed E-state index contributed by atoms with van der Waals surface area (Å²) in [6.45, 7) is 4.53. The summed E-state index contributed by atoms with van der Waals surface area (Å²) in [5.41, 5.74) is 0.332. The largest absolute Gasteiger partial charge is 0.465 e. The average molecular weight is 236 g/mol. The van der Waals surface area contributed by atoms with Crippen LogP contribution in [0.15, 0.2) is 0 Å². The van der Waals surface area contributed by atoms with Crippen LogP contribution in [0.1, 0.15) is 52.4 Å². The van der Waals surface area contributed by atoms with Crippen molar-refractivity contribution in [3.63, 3.8) is 0 Å². The van der Waals surface area contributed by atoms with Gasteiger partial charge < -0.3 is 4.74 Å². The van der Waals surface area contributed by atoms with Crippen molar-refractivity contribution >= 4 is 5.97 Å². The van der Waals surface area contributed by atoms with Gasteiger partial charge in [-0.3, -0.25) is 4.79 Å². The van der Waals surface area contributed by atoms with Crippen LogP contribution in [0.5, 0.6) is 0 Å². The quantitative estimate of drug-likeness (QED) is 0.702. The van der Waals surface area contributed by atoms with Crippen LogP contribution in [0.3, 0.4) is 0 Å². The van der Waals surface area contributed by atoms with Gasteiger partial charge in [0.05, 0.1) is 6.61 Å². The Kier molecular flexibility index (Phi) is 2.72. The molecule has 2 nitrogen and oxygen atoms in total. The topological polar surface area (TPSA) is 26.3 Å². The van der Waals surface area contributed by atoms with Crippen molar-refractivity contribution in [1.82, 2.24) is 0 Å². The molecule has 0 unspecified atom stereocenters. The molecular weight excluding hydrogens is 212 g/mol. The second-order valence-electron chi connectivity index (χ2n) is 6.67. The first-order valence-electron chi connectivity index (χ1n) is 7.27. The fourth-order valence-electron chi connectivity index (χ4n) is 5.27. The third kappa shape index (κ3) is 1.71. The van der Waals surface area contributed by atoms with Crippen LogP contribution in [-0.2, 0) is 9.53 Å². The van der Waals surface area contributed by atoms with Gasteiger partial charge in [-0.2, -0.15) is 0 Å². The summed E-state index contributed by atoms with van der Waals surface area (Å²) in [6.07, 6.45) is 8.30. The van der Waals surface area contributed by atoms with E-state index in [0.29, 0.717) is 12.0 Å². The van der Waals surface area contributed by atoms with Crippen LogP contribution in [0.4, 0.5) is 0 Å². The van der Waals surface area contributed by atoms with Crippen LogP contribution in [0, 0.1) is 29.1 Å². The lowest BCUT2D eigenvalue weighted by Gasteiger charge is -2.61. The van der Waals surface area contributed by atoms with Crippen LogP contribution in [0.2, 0.25) is 0 Å². The number of carbonyl (C=O) groups excluding carboxylic acids is 1. The van der Waals surface area contributed by atoms with E-state index < -0.39 is 0 Å². The first-order chi connectivity index (χ1) is 8.14. The molecule has 0 radical (unpaired) electrons. The number of esters is 1. The van der Waals surface area contributed by atoms with E-state index in [4.69, 9.17) is 4.74 Å². The fourth-order valence-corrected chi connectivity index (χ4v) is 5.27. The smallest absolute Gasteiger partial charge is 0.302 e. The van der Waals surface area contributed by atoms with Gasteiger partial charge >= 0.3 is 5.97 Å². The maximum atomic E-state index is 11.1. The summed E-state index contributed by atoms with van der Waals surface area (Å²) < 4.78 is 5.42. The first-order valence-corrected chi connectivity index (χ1v) is 7.27. The average Bonchev–Trinajstić information content (AvgIpc) is 2.28. The Morgan fingerprint density at radius 2 is 1.65 bits per heavy atom. The predicted molar refractivity (Wildman–Crippen MR) is 66.4 cm³/mol. The zero-order valence-corrected chi connectivity index (χ0v) is 11.1. The highest BCUT2D eigenvalue weighted by molar-refractivity contribution is 5.65. The molecule has 0 spiro atoms. The fraction of sp³-hybridized carbons (Fsp3) is 0.933. The minimum absolute atomic E-state index is 0.105. The maximum absolute atomic E-state index is 11.1. The molecule has 4 fully saturated rings. The van der Waals surface area contributed by atoms with Gasteiger partial charge in [-0.1, -0.05) is 6.92 Å². The Hall–Kier alpha value is -0.530. The van der Waals surface area contributed by atoms with E-state index in [1.165, 1.54) is 38.5 Å². The van der Waals surface area contributed by atoms with Crippen LogP contribution >= 0.6 is 0 Å². The highest BCUT2D eigenvalue weighted by Gasteiger charge is 2.56. The van der Waals surface area contributed by atoms with E-state index >= 15 is 0 Å². The number of hydrogen-bond acceptors (Lipinski definition) is 2. The maximum Gasteiger partial charge on any atom is 0.302 e. The number of carbonyl (C=O) groups is 1. The molecule has 0 aromatic carbocycles. The van der Waals surface area contributed by atoms with Crippen molar-refractivity contribution in [2.24, 2.45) is 29.1 Å². The summed E-state index contributed by atoms with van der Waals surface area (Å²) >= 11 is 0. The van der Waals surface area contributed by atoms with E-state index in [1.807, 2.05) is 0 Å². The van der Waals surface area contributed by atoms with Crippen LogP contribution < -0.4 is 0 Å². The van der Waals surface area contributed by atoms with Crippen LogP contribution in [-0.4, -0.2) is 12.6 Å². The van der Waals surface area contributed by atoms with Gasteiger partial charge in [-0.25, -0.2) is 0 Å². The molecule has 0 heterocycles. The monoisotopic (exact) mass is 236 g/mol. The van der Waals surface area contributed by atoms with E-state index in [1.54, 1.807) is 6.92 Å². The molecule has 0 amide bonds. The normalized spacial score (nSPS) is 47.2. The predicted octanol–water partition coefficient (Wildman–Crippen LogP) is 3.40. The lowest BCUT2D eigenvalue weighted by atomic mass is 9.45. The number of hydrogen-bond donors (Lipinski definition) is 0. The third-order valence-corrected chi connectivity index (χ3v) is 5.97. The van der Waals surface area contributed by atoms with Crippen molar-refractivity contribution < 1.29 is 9.53 Å². The van der Waals surface area contributed by atoms with Gasteiger partial charge in [-0.05, 0) is 62.2 Å². The van der Waals surface area contributed by atoms with E-state index in [-0.39, 0.29) is 5.97 Å². The molecule has 4 rings (SSSR count). The second kappa shape index (κ2) is 4.00. The molecule has 0 aliphatic heterocycles. The van der Waals surface area contributed by atoms with Crippen molar-refractivity contribution in [3.05, 3.63) is 0 Å². The van der Waals surface area contributed by atoms with E-state index in [0.717, 1.165) is 23.7 Å². The molecule has 4 aliphatic rings. The van der Waals surface area contributed by atoms with Gasteiger partial charge in [0.1, 0.15) is 0 Å². The van der Waals surface area contributed by atoms with Crippen molar-refractivity contribution in [1.29, 1.82) is 0 Å². The Labute approximate surface area is 104 Å². The van der Waals surface area contributed by atoms with E-state index in [2.05, 4.69) is 6.92 Å². The molecule has 0 aromatic rings. The Morgan fingerprint density at radius 3 is 2.06 bits per heavy atom. The molecular formula is C15H24O2. The summed E-state index contributed by atoms with van der Waals surface area (Å²) in [5, 5.41) is 0. The van der Waals surface area contributed by atoms with Gasteiger partial charge in [0.25, 0.3) is 0 Å². The zero-order valence-electron chi connectivity index (χ0n) is 11.1. The summed E-state index contributed by atoms with van der Waals surface area (Å²) in [4.78, 5) is 11.1. The summed E-state index contributed by atoms with van der Waals surface area (Å²) in [7, 11) is 0. The van der Waals surface area contributed by atoms with Crippen LogP contribution in [0.25, 0.3) is 0 Å². The third-order valence-electron chi connectivity index (χ3n) is 5.97. The van der Waals surface area contributed by atoms with Gasteiger partial charge in [-0.15, -0.1) is 0 Å². The van der Waals surface area contributed by atoms with Gasteiger partial charge in [0.2, 0.25) is 0 Å². The summed E-state index contributed by atoms with van der Waals surface area (Å²) in [6, 6.07) is 0. The molecule has 0 atom stereocenters. The SMILES string of the molecule is CCC1(COC(C)=O)C2CC3CC(C2)CC1C3.